The van der Waals surface area contributed by atoms with Crippen LogP contribution >= 0.6 is 0 Å². The van der Waals surface area contributed by atoms with E-state index in [4.69, 9.17) is 4.74 Å². The summed E-state index contributed by atoms with van der Waals surface area (Å²) < 4.78 is 5.62. The van der Waals surface area contributed by atoms with Gasteiger partial charge in [-0.05, 0) is 100 Å². The molecule has 0 radical (unpaired) electrons. The van der Waals surface area contributed by atoms with Gasteiger partial charge in [-0.15, -0.1) is 0 Å². The predicted octanol–water partition coefficient (Wildman–Crippen LogP) is 6.69. The summed E-state index contributed by atoms with van der Waals surface area (Å²) in [5.74, 6) is 9.33. The highest BCUT2D eigenvalue weighted by Gasteiger charge is 2.54. The molecule has 31 heavy (non-hydrogen) atoms. The minimum Gasteiger partial charge on any atom is -0.463 e. The Bertz CT molecular complexity index is 948. The maximum Gasteiger partial charge on any atom is 0.302 e. The van der Waals surface area contributed by atoms with Gasteiger partial charge in [-0.1, -0.05) is 48.1 Å². The van der Waals surface area contributed by atoms with Crippen molar-refractivity contribution in [3.63, 3.8) is 0 Å². The molecule has 2 saturated carbocycles. The molecule has 4 aliphatic rings. The van der Waals surface area contributed by atoms with E-state index in [1.54, 1.807) is 18.1 Å². The van der Waals surface area contributed by atoms with Gasteiger partial charge in [-0.25, -0.2) is 0 Å². The molecule has 6 atom stereocenters. The van der Waals surface area contributed by atoms with Crippen molar-refractivity contribution in [1.29, 1.82) is 0 Å². The molecule has 0 heterocycles. The fraction of sp³-hybridized carbons (Fsp3) is 0.621. The van der Waals surface area contributed by atoms with Crippen LogP contribution in [0.3, 0.4) is 0 Å². The van der Waals surface area contributed by atoms with E-state index < -0.39 is 0 Å². The quantitative estimate of drug-likeness (QED) is 0.289. The number of ether oxygens (including phenoxy) is 1. The van der Waals surface area contributed by atoms with Crippen LogP contribution in [0.5, 0.6) is 0 Å². The summed E-state index contributed by atoms with van der Waals surface area (Å²) >= 11 is 0. The maximum absolute atomic E-state index is 11.5. The molecule has 164 valence electrons. The average Bonchev–Trinajstić information content (AvgIpc) is 3.10. The highest BCUT2D eigenvalue weighted by Crippen LogP contribution is 2.63. The van der Waals surface area contributed by atoms with Crippen LogP contribution in [-0.2, 0) is 9.53 Å². The molecule has 0 bridgehead atoms. The van der Waals surface area contributed by atoms with Gasteiger partial charge in [0.15, 0.2) is 0 Å². The number of fused-ring (bicyclic) bond motifs is 4. The number of esters is 1. The van der Waals surface area contributed by atoms with Crippen molar-refractivity contribution in [1.82, 2.24) is 0 Å². The van der Waals surface area contributed by atoms with Gasteiger partial charge in [0.25, 0.3) is 0 Å². The van der Waals surface area contributed by atoms with Crippen molar-refractivity contribution >= 4 is 5.97 Å². The molecule has 4 aliphatic carbocycles. The minimum absolute atomic E-state index is 0.0564. The first-order valence-electron chi connectivity index (χ1n) is 12.4. The molecule has 0 unspecified atom stereocenters. The smallest absolute Gasteiger partial charge is 0.302 e. The molecule has 0 aromatic heterocycles. The van der Waals surface area contributed by atoms with Gasteiger partial charge in [-0.3, -0.25) is 4.79 Å². The molecule has 0 spiro atoms. The van der Waals surface area contributed by atoms with Crippen molar-refractivity contribution in [2.75, 3.05) is 0 Å². The third-order valence-electron chi connectivity index (χ3n) is 9.33. The molecule has 1 aromatic rings. The number of rotatable bonds is 1. The first kappa shape index (κ1) is 20.9. The zero-order valence-corrected chi connectivity index (χ0v) is 19.4. The summed E-state index contributed by atoms with van der Waals surface area (Å²) in [5.41, 5.74) is 5.06. The SMILES string of the molecule is CC(=O)O[C@H]1CC[C@]2(C)[C@H](CC[C@H]3C4=C(CC[C@@H]32)[C@](C)(C#Cc2ccccc2)CC4)C1. The van der Waals surface area contributed by atoms with E-state index in [9.17, 15) is 4.79 Å². The Morgan fingerprint density at radius 1 is 1.03 bits per heavy atom. The van der Waals surface area contributed by atoms with Gasteiger partial charge in [0.1, 0.15) is 6.10 Å². The Labute approximate surface area is 187 Å². The summed E-state index contributed by atoms with van der Waals surface area (Å²) in [7, 11) is 0. The molecule has 0 saturated heterocycles. The van der Waals surface area contributed by atoms with Crippen LogP contribution in [0.4, 0.5) is 0 Å². The van der Waals surface area contributed by atoms with Crippen LogP contribution in [0.15, 0.2) is 41.5 Å². The van der Waals surface area contributed by atoms with Crippen molar-refractivity contribution in [3.05, 3.63) is 47.0 Å². The third kappa shape index (κ3) is 3.65. The summed E-state index contributed by atoms with van der Waals surface area (Å²) in [6, 6.07) is 10.4. The lowest BCUT2D eigenvalue weighted by molar-refractivity contribution is -0.154. The highest BCUT2D eigenvalue weighted by atomic mass is 16.5. The van der Waals surface area contributed by atoms with Gasteiger partial charge in [0.2, 0.25) is 0 Å². The van der Waals surface area contributed by atoms with E-state index in [0.717, 1.165) is 30.2 Å². The number of benzene rings is 1. The lowest BCUT2D eigenvalue weighted by Gasteiger charge is -2.57. The fourth-order valence-electron chi connectivity index (χ4n) is 7.70. The summed E-state index contributed by atoms with van der Waals surface area (Å²) in [5, 5.41) is 0. The Balaban J connectivity index is 1.37. The normalized spacial score (nSPS) is 38.9. The van der Waals surface area contributed by atoms with E-state index in [1.807, 2.05) is 0 Å². The molecule has 0 N–H and O–H groups in total. The van der Waals surface area contributed by atoms with Crippen molar-refractivity contribution in [2.45, 2.75) is 84.7 Å². The van der Waals surface area contributed by atoms with Crippen LogP contribution in [0.25, 0.3) is 0 Å². The van der Waals surface area contributed by atoms with E-state index >= 15 is 0 Å². The predicted molar refractivity (Wildman–Crippen MR) is 124 cm³/mol. The second kappa shape index (κ2) is 7.84. The van der Waals surface area contributed by atoms with E-state index in [1.165, 1.54) is 44.9 Å². The number of hydrogen-bond donors (Lipinski definition) is 0. The Morgan fingerprint density at radius 2 is 1.84 bits per heavy atom. The third-order valence-corrected chi connectivity index (χ3v) is 9.33. The first-order chi connectivity index (χ1) is 14.9. The summed E-state index contributed by atoms with van der Waals surface area (Å²) in [6.45, 7) is 6.51. The number of allylic oxidation sites excluding steroid dienone is 2. The first-order valence-corrected chi connectivity index (χ1v) is 12.4. The van der Waals surface area contributed by atoms with Crippen molar-refractivity contribution in [3.8, 4) is 11.8 Å². The van der Waals surface area contributed by atoms with Crippen molar-refractivity contribution in [2.24, 2.45) is 28.6 Å². The molecular weight excluding hydrogens is 380 g/mol. The van der Waals surface area contributed by atoms with Gasteiger partial charge in [0.05, 0.1) is 5.41 Å². The van der Waals surface area contributed by atoms with Crippen molar-refractivity contribution < 1.29 is 9.53 Å². The van der Waals surface area contributed by atoms with Gasteiger partial charge in [0, 0.05) is 12.5 Å². The topological polar surface area (TPSA) is 26.3 Å². The van der Waals surface area contributed by atoms with Crippen LogP contribution in [0.2, 0.25) is 0 Å². The van der Waals surface area contributed by atoms with Crippen LogP contribution in [0, 0.1) is 40.4 Å². The average molecular weight is 417 g/mol. The second-order valence-corrected chi connectivity index (χ2v) is 11.0. The monoisotopic (exact) mass is 416 g/mol. The Kier molecular flexibility index (Phi) is 5.28. The summed E-state index contributed by atoms with van der Waals surface area (Å²) in [4.78, 5) is 11.5. The molecule has 2 heteroatoms. The van der Waals surface area contributed by atoms with Gasteiger partial charge in [-0.2, -0.15) is 0 Å². The molecule has 1 aromatic carbocycles. The van der Waals surface area contributed by atoms with Crippen LogP contribution in [-0.4, -0.2) is 12.1 Å². The molecule has 0 amide bonds. The molecular formula is C29H36O2. The number of carbonyl (C=O) groups is 1. The fourth-order valence-corrected chi connectivity index (χ4v) is 7.70. The lowest BCUT2D eigenvalue weighted by Crippen LogP contribution is -2.49. The van der Waals surface area contributed by atoms with E-state index in [2.05, 4.69) is 56.0 Å². The standard InChI is InChI=1S/C29H36O2/c1-20(30)31-23-14-18-29(3)22(19-23)9-10-24-25-15-17-28(2,26(25)11-12-27(24)29)16-13-21-7-5-4-6-8-21/h4-8,22-24,27H,9-12,14-15,17-19H2,1-3H3/t22-,23+,24+,27+,28-,29-/m1/s1. The molecule has 2 nitrogen and oxygen atoms in total. The molecule has 0 aliphatic heterocycles. The largest absolute Gasteiger partial charge is 0.463 e. The lowest BCUT2D eigenvalue weighted by atomic mass is 9.49. The molecule has 5 rings (SSSR count). The Hall–Kier alpha value is -2.01. The highest BCUT2D eigenvalue weighted by molar-refractivity contribution is 5.66. The minimum atomic E-state index is -0.114. The Morgan fingerprint density at radius 3 is 2.61 bits per heavy atom. The van der Waals surface area contributed by atoms with Crippen LogP contribution in [0.1, 0.15) is 84.1 Å². The van der Waals surface area contributed by atoms with Gasteiger partial charge >= 0.3 is 5.97 Å². The van der Waals surface area contributed by atoms with E-state index in [0.29, 0.717) is 11.3 Å². The number of hydrogen-bond acceptors (Lipinski definition) is 2. The molecule has 2 fully saturated rings. The number of carbonyl (C=O) groups excluding carboxylic acids is 1. The second-order valence-electron chi connectivity index (χ2n) is 11.0. The maximum atomic E-state index is 11.5. The van der Waals surface area contributed by atoms with Crippen LogP contribution < -0.4 is 0 Å². The van der Waals surface area contributed by atoms with E-state index in [-0.39, 0.29) is 17.5 Å². The van der Waals surface area contributed by atoms with Gasteiger partial charge < -0.3 is 4.74 Å². The zero-order chi connectivity index (χ0) is 21.6. The summed E-state index contributed by atoms with van der Waals surface area (Å²) in [6.07, 6.45) is 11.1. The zero-order valence-electron chi connectivity index (χ0n) is 19.4.